The van der Waals surface area contributed by atoms with Gasteiger partial charge in [-0.05, 0) is 53.7 Å². The van der Waals surface area contributed by atoms with Crippen LogP contribution in [0.3, 0.4) is 0 Å². The summed E-state index contributed by atoms with van der Waals surface area (Å²) in [5.41, 5.74) is 4.02. The normalized spacial score (nSPS) is 11.3. The molecular weight excluding hydrogens is 286 g/mol. The highest BCUT2D eigenvalue weighted by molar-refractivity contribution is 5.80. The van der Waals surface area contributed by atoms with Crippen molar-refractivity contribution in [1.82, 2.24) is 14.7 Å². The molecule has 23 heavy (non-hydrogen) atoms. The Kier molecular flexibility index (Phi) is 5.24. The number of carbonyl (C=O) groups is 1. The maximum Gasteiger partial charge on any atom is 0.227 e. The summed E-state index contributed by atoms with van der Waals surface area (Å²) in [4.78, 5) is 14.7. The van der Waals surface area contributed by atoms with E-state index in [0.29, 0.717) is 6.42 Å². The molecule has 0 aliphatic heterocycles. The van der Waals surface area contributed by atoms with Crippen molar-refractivity contribution in [2.45, 2.75) is 60.0 Å². The monoisotopic (exact) mass is 313 g/mol. The van der Waals surface area contributed by atoms with Crippen molar-refractivity contribution in [1.29, 1.82) is 0 Å². The standard InChI is InChI=1S/C19H27N3O/c1-13(2)21(14(3)4)19(23)12-18-15(5)20-22(16(18)6)17-10-8-7-9-11-17/h7-11,13-14H,12H2,1-6H3. The molecular formula is C19H27N3O. The molecule has 1 heterocycles. The number of amides is 1. The van der Waals surface area contributed by atoms with E-state index in [4.69, 9.17) is 0 Å². The second-order valence-corrected chi connectivity index (χ2v) is 6.56. The van der Waals surface area contributed by atoms with E-state index in [9.17, 15) is 4.79 Å². The molecule has 0 atom stereocenters. The Hall–Kier alpha value is -2.10. The van der Waals surface area contributed by atoms with Crippen molar-refractivity contribution in [2.24, 2.45) is 0 Å². The summed E-state index contributed by atoms with van der Waals surface area (Å²) >= 11 is 0. The number of aryl methyl sites for hydroxylation is 1. The quantitative estimate of drug-likeness (QED) is 0.844. The minimum Gasteiger partial charge on any atom is -0.338 e. The predicted molar refractivity (Wildman–Crippen MR) is 93.9 cm³/mol. The molecule has 0 aliphatic carbocycles. The molecule has 0 saturated heterocycles. The molecule has 2 rings (SSSR count). The maximum absolute atomic E-state index is 12.7. The molecule has 4 heteroatoms. The highest BCUT2D eigenvalue weighted by atomic mass is 16.2. The molecule has 0 aliphatic rings. The van der Waals surface area contributed by atoms with E-state index in [1.54, 1.807) is 0 Å². The summed E-state index contributed by atoms with van der Waals surface area (Å²) in [5.74, 6) is 0.161. The zero-order chi connectivity index (χ0) is 17.1. The van der Waals surface area contributed by atoms with Gasteiger partial charge >= 0.3 is 0 Å². The van der Waals surface area contributed by atoms with E-state index in [1.807, 2.05) is 53.8 Å². The van der Waals surface area contributed by atoms with Crippen molar-refractivity contribution in [3.63, 3.8) is 0 Å². The first kappa shape index (κ1) is 17.3. The van der Waals surface area contributed by atoms with Crippen LogP contribution in [-0.4, -0.2) is 32.7 Å². The molecule has 1 aromatic heterocycles. The lowest BCUT2D eigenvalue weighted by atomic mass is 10.1. The van der Waals surface area contributed by atoms with Crippen LogP contribution in [0, 0.1) is 13.8 Å². The van der Waals surface area contributed by atoms with Crippen LogP contribution < -0.4 is 0 Å². The SMILES string of the molecule is Cc1nn(-c2ccccc2)c(C)c1CC(=O)N(C(C)C)C(C)C. The Morgan fingerprint density at radius 2 is 1.65 bits per heavy atom. The average Bonchev–Trinajstić information content (AvgIpc) is 2.75. The van der Waals surface area contributed by atoms with Crippen molar-refractivity contribution in [3.8, 4) is 5.69 Å². The van der Waals surface area contributed by atoms with E-state index >= 15 is 0 Å². The van der Waals surface area contributed by atoms with Gasteiger partial charge in [-0.3, -0.25) is 4.79 Å². The summed E-state index contributed by atoms with van der Waals surface area (Å²) in [5, 5.41) is 4.63. The lowest BCUT2D eigenvalue weighted by Crippen LogP contribution is -2.43. The number of benzene rings is 1. The van der Waals surface area contributed by atoms with Gasteiger partial charge in [-0.15, -0.1) is 0 Å². The lowest BCUT2D eigenvalue weighted by molar-refractivity contribution is -0.134. The number of carbonyl (C=O) groups excluding carboxylic acids is 1. The lowest BCUT2D eigenvalue weighted by Gasteiger charge is -2.31. The fraction of sp³-hybridized carbons (Fsp3) is 0.474. The number of aromatic nitrogens is 2. The second-order valence-electron chi connectivity index (χ2n) is 6.56. The zero-order valence-electron chi connectivity index (χ0n) is 15.0. The summed E-state index contributed by atoms with van der Waals surface area (Å²) in [7, 11) is 0. The Bertz CT molecular complexity index is 663. The molecule has 1 aromatic carbocycles. The van der Waals surface area contributed by atoms with Crippen molar-refractivity contribution < 1.29 is 4.79 Å². The summed E-state index contributed by atoms with van der Waals surface area (Å²) in [6.07, 6.45) is 0.404. The molecule has 0 saturated carbocycles. The van der Waals surface area contributed by atoms with Crippen molar-refractivity contribution in [3.05, 3.63) is 47.3 Å². The molecule has 0 fully saturated rings. The first-order valence-corrected chi connectivity index (χ1v) is 8.24. The molecule has 0 spiro atoms. The van der Waals surface area contributed by atoms with Gasteiger partial charge in [0.25, 0.3) is 0 Å². The zero-order valence-corrected chi connectivity index (χ0v) is 15.0. The Morgan fingerprint density at radius 3 is 2.17 bits per heavy atom. The van der Waals surface area contributed by atoms with Crippen LogP contribution in [0.2, 0.25) is 0 Å². The minimum atomic E-state index is 0.161. The Labute approximate surface area is 139 Å². The number of hydrogen-bond acceptors (Lipinski definition) is 2. The number of rotatable bonds is 5. The highest BCUT2D eigenvalue weighted by Crippen LogP contribution is 2.20. The fourth-order valence-corrected chi connectivity index (χ4v) is 3.17. The van der Waals surface area contributed by atoms with Gasteiger partial charge in [-0.25, -0.2) is 4.68 Å². The van der Waals surface area contributed by atoms with E-state index in [0.717, 1.165) is 22.6 Å². The molecule has 4 nitrogen and oxygen atoms in total. The van der Waals surface area contributed by atoms with Gasteiger partial charge in [-0.2, -0.15) is 5.10 Å². The Balaban J connectivity index is 2.31. The molecule has 0 radical (unpaired) electrons. The van der Waals surface area contributed by atoms with Crippen LogP contribution in [0.5, 0.6) is 0 Å². The third kappa shape index (κ3) is 3.63. The van der Waals surface area contributed by atoms with Gasteiger partial charge in [0, 0.05) is 23.3 Å². The van der Waals surface area contributed by atoms with E-state index in [-0.39, 0.29) is 18.0 Å². The van der Waals surface area contributed by atoms with Crippen LogP contribution in [0.15, 0.2) is 30.3 Å². The summed E-state index contributed by atoms with van der Waals surface area (Å²) in [6, 6.07) is 10.4. The second kappa shape index (κ2) is 6.99. The number of hydrogen-bond donors (Lipinski definition) is 0. The van der Waals surface area contributed by atoms with Crippen molar-refractivity contribution in [2.75, 3.05) is 0 Å². The van der Waals surface area contributed by atoms with Crippen LogP contribution in [-0.2, 0) is 11.2 Å². The van der Waals surface area contributed by atoms with E-state index in [2.05, 4.69) is 32.8 Å². The average molecular weight is 313 g/mol. The third-order valence-corrected chi connectivity index (χ3v) is 4.17. The smallest absolute Gasteiger partial charge is 0.227 e. The van der Waals surface area contributed by atoms with E-state index in [1.165, 1.54) is 0 Å². The van der Waals surface area contributed by atoms with Crippen LogP contribution in [0.1, 0.15) is 44.6 Å². The molecule has 0 bridgehead atoms. The molecule has 0 unspecified atom stereocenters. The van der Waals surface area contributed by atoms with Crippen molar-refractivity contribution >= 4 is 5.91 Å². The summed E-state index contributed by atoms with van der Waals surface area (Å²) < 4.78 is 1.92. The highest BCUT2D eigenvalue weighted by Gasteiger charge is 2.23. The molecule has 0 N–H and O–H groups in total. The number of para-hydroxylation sites is 1. The fourth-order valence-electron chi connectivity index (χ4n) is 3.17. The molecule has 2 aromatic rings. The molecule has 1 amide bonds. The topological polar surface area (TPSA) is 38.1 Å². The summed E-state index contributed by atoms with van der Waals surface area (Å²) in [6.45, 7) is 12.3. The number of nitrogens with zero attached hydrogens (tertiary/aromatic N) is 3. The van der Waals surface area contributed by atoms with Gasteiger partial charge in [0.1, 0.15) is 0 Å². The van der Waals surface area contributed by atoms with Gasteiger partial charge in [-0.1, -0.05) is 18.2 Å². The largest absolute Gasteiger partial charge is 0.338 e. The Morgan fingerprint density at radius 1 is 1.09 bits per heavy atom. The van der Waals surface area contributed by atoms with Crippen LogP contribution in [0.4, 0.5) is 0 Å². The molecule has 124 valence electrons. The maximum atomic E-state index is 12.7. The van der Waals surface area contributed by atoms with Crippen LogP contribution >= 0.6 is 0 Å². The first-order chi connectivity index (χ1) is 10.8. The van der Waals surface area contributed by atoms with Gasteiger partial charge in [0.15, 0.2) is 0 Å². The van der Waals surface area contributed by atoms with Gasteiger partial charge < -0.3 is 4.90 Å². The van der Waals surface area contributed by atoms with E-state index < -0.39 is 0 Å². The van der Waals surface area contributed by atoms with Gasteiger partial charge in [0.2, 0.25) is 5.91 Å². The third-order valence-electron chi connectivity index (χ3n) is 4.17. The first-order valence-electron chi connectivity index (χ1n) is 8.24. The van der Waals surface area contributed by atoms with Crippen LogP contribution in [0.25, 0.3) is 5.69 Å². The van der Waals surface area contributed by atoms with Gasteiger partial charge in [0.05, 0.1) is 17.8 Å². The minimum absolute atomic E-state index is 0.161. The predicted octanol–water partition coefficient (Wildman–Crippen LogP) is 3.68.